The van der Waals surface area contributed by atoms with Gasteiger partial charge in [0.1, 0.15) is 0 Å². The summed E-state index contributed by atoms with van der Waals surface area (Å²) < 4.78 is 0. The van der Waals surface area contributed by atoms with Crippen molar-refractivity contribution in [3.05, 3.63) is 47.3 Å². The number of carbonyl (C=O) groups is 2. The molecule has 0 aliphatic carbocycles. The third kappa shape index (κ3) is 3.59. The van der Waals surface area contributed by atoms with Crippen LogP contribution in [-0.2, 0) is 0 Å². The Morgan fingerprint density at radius 1 is 1.38 bits per heavy atom. The number of anilines is 1. The van der Waals surface area contributed by atoms with Crippen molar-refractivity contribution in [2.24, 2.45) is 0 Å². The van der Waals surface area contributed by atoms with Crippen LogP contribution in [0.3, 0.4) is 0 Å². The van der Waals surface area contributed by atoms with Gasteiger partial charge in [-0.1, -0.05) is 11.6 Å². The van der Waals surface area contributed by atoms with Crippen molar-refractivity contribution in [3.63, 3.8) is 0 Å². The molecule has 21 heavy (non-hydrogen) atoms. The summed E-state index contributed by atoms with van der Waals surface area (Å²) in [6, 6.07) is 4.09. The van der Waals surface area contributed by atoms with E-state index in [1.54, 1.807) is 38.4 Å². The van der Waals surface area contributed by atoms with E-state index in [1.165, 1.54) is 6.07 Å². The quantitative estimate of drug-likeness (QED) is 0.692. The Bertz CT molecular complexity index is 652. The van der Waals surface area contributed by atoms with Crippen LogP contribution in [0.2, 0.25) is 0 Å². The van der Waals surface area contributed by atoms with E-state index in [0.717, 1.165) is 11.1 Å². The summed E-state index contributed by atoms with van der Waals surface area (Å²) in [4.78, 5) is 23.1. The molecule has 2 amide bonds. The molecule has 0 fully saturated rings. The van der Waals surface area contributed by atoms with Crippen LogP contribution < -0.4 is 10.6 Å². The number of carbonyl (C=O) groups excluding carboxylic acids is 1. The predicted molar refractivity (Wildman–Crippen MR) is 77.3 cm³/mol. The zero-order chi connectivity index (χ0) is 15.4. The van der Waals surface area contributed by atoms with E-state index in [2.05, 4.69) is 20.8 Å². The van der Waals surface area contributed by atoms with Gasteiger partial charge >= 0.3 is 12.0 Å². The highest BCUT2D eigenvalue weighted by molar-refractivity contribution is 6.00. The SMILES string of the molecule is Cc1ccc(NC(=O)NC(C)c2cn[nH]c2)c(C(=O)O)c1. The minimum Gasteiger partial charge on any atom is -0.478 e. The number of hydrogen-bond acceptors (Lipinski definition) is 3. The second kappa shape index (κ2) is 6.08. The van der Waals surface area contributed by atoms with E-state index in [0.29, 0.717) is 0 Å². The molecule has 1 unspecified atom stereocenters. The van der Waals surface area contributed by atoms with E-state index in [1.807, 2.05) is 0 Å². The average molecular weight is 288 g/mol. The fourth-order valence-electron chi connectivity index (χ4n) is 1.88. The van der Waals surface area contributed by atoms with Crippen molar-refractivity contribution >= 4 is 17.7 Å². The number of amides is 2. The molecular formula is C14H16N4O3. The molecule has 1 atom stereocenters. The summed E-state index contributed by atoms with van der Waals surface area (Å²) in [5.41, 5.74) is 1.95. The smallest absolute Gasteiger partial charge is 0.337 e. The van der Waals surface area contributed by atoms with Crippen LogP contribution in [0.5, 0.6) is 0 Å². The number of rotatable bonds is 4. The molecule has 1 heterocycles. The van der Waals surface area contributed by atoms with Crippen LogP contribution in [0, 0.1) is 6.92 Å². The second-order valence-corrected chi connectivity index (χ2v) is 4.71. The molecule has 0 bridgehead atoms. The van der Waals surface area contributed by atoms with Gasteiger partial charge in [-0.25, -0.2) is 9.59 Å². The van der Waals surface area contributed by atoms with Crippen LogP contribution in [0.1, 0.15) is 34.5 Å². The number of aromatic amines is 1. The van der Waals surface area contributed by atoms with Gasteiger partial charge in [0, 0.05) is 11.8 Å². The number of aromatic carboxylic acids is 1. The monoisotopic (exact) mass is 288 g/mol. The predicted octanol–water partition coefficient (Wildman–Crippen LogP) is 2.30. The molecule has 1 aromatic heterocycles. The molecular weight excluding hydrogens is 272 g/mol. The summed E-state index contributed by atoms with van der Waals surface area (Å²) in [5, 5.41) is 20.9. The molecule has 0 radical (unpaired) electrons. The fraction of sp³-hybridized carbons (Fsp3) is 0.214. The van der Waals surface area contributed by atoms with Gasteiger partial charge < -0.3 is 15.7 Å². The molecule has 4 N–H and O–H groups in total. The van der Waals surface area contributed by atoms with E-state index in [-0.39, 0.29) is 17.3 Å². The van der Waals surface area contributed by atoms with Gasteiger partial charge in [0.25, 0.3) is 0 Å². The van der Waals surface area contributed by atoms with Crippen LogP contribution in [-0.4, -0.2) is 27.3 Å². The van der Waals surface area contributed by atoms with Gasteiger partial charge in [-0.3, -0.25) is 5.10 Å². The van der Waals surface area contributed by atoms with E-state index >= 15 is 0 Å². The first-order valence-corrected chi connectivity index (χ1v) is 6.37. The summed E-state index contributed by atoms with van der Waals surface area (Å²) >= 11 is 0. The number of benzene rings is 1. The number of aryl methyl sites for hydroxylation is 1. The number of H-pyrrole nitrogens is 1. The minimum absolute atomic E-state index is 0.0566. The molecule has 110 valence electrons. The number of carboxylic acid groups (broad SMARTS) is 1. The lowest BCUT2D eigenvalue weighted by Gasteiger charge is -2.14. The maximum absolute atomic E-state index is 11.9. The van der Waals surface area contributed by atoms with Gasteiger partial charge in [-0.2, -0.15) is 5.10 Å². The van der Waals surface area contributed by atoms with Crippen LogP contribution in [0.4, 0.5) is 10.5 Å². The molecule has 0 saturated heterocycles. The van der Waals surface area contributed by atoms with Gasteiger partial charge in [0.05, 0.1) is 23.5 Å². The number of urea groups is 1. The van der Waals surface area contributed by atoms with Gasteiger partial charge in [0.2, 0.25) is 0 Å². The van der Waals surface area contributed by atoms with Crippen LogP contribution in [0.15, 0.2) is 30.6 Å². The number of hydrogen-bond donors (Lipinski definition) is 4. The third-order valence-electron chi connectivity index (χ3n) is 3.02. The topological polar surface area (TPSA) is 107 Å². The lowest BCUT2D eigenvalue weighted by molar-refractivity contribution is 0.0698. The fourth-order valence-corrected chi connectivity index (χ4v) is 1.88. The Morgan fingerprint density at radius 3 is 2.76 bits per heavy atom. The molecule has 2 aromatic rings. The highest BCUT2D eigenvalue weighted by Gasteiger charge is 2.14. The van der Waals surface area contributed by atoms with Gasteiger partial charge in [-0.05, 0) is 26.0 Å². The zero-order valence-corrected chi connectivity index (χ0v) is 11.7. The highest BCUT2D eigenvalue weighted by Crippen LogP contribution is 2.18. The number of carboxylic acids is 1. The minimum atomic E-state index is -1.09. The number of nitrogens with one attached hydrogen (secondary N) is 3. The Hall–Kier alpha value is -2.83. The first-order chi connectivity index (χ1) is 9.97. The van der Waals surface area contributed by atoms with Gasteiger partial charge in [-0.15, -0.1) is 0 Å². The summed E-state index contributed by atoms with van der Waals surface area (Å²) in [6.45, 7) is 3.59. The molecule has 0 spiro atoms. The zero-order valence-electron chi connectivity index (χ0n) is 11.7. The lowest BCUT2D eigenvalue weighted by Crippen LogP contribution is -2.31. The van der Waals surface area contributed by atoms with Crippen LogP contribution >= 0.6 is 0 Å². The van der Waals surface area contributed by atoms with Crippen molar-refractivity contribution in [2.45, 2.75) is 19.9 Å². The highest BCUT2D eigenvalue weighted by atomic mass is 16.4. The van der Waals surface area contributed by atoms with Crippen molar-refractivity contribution in [1.82, 2.24) is 15.5 Å². The largest absolute Gasteiger partial charge is 0.478 e. The van der Waals surface area contributed by atoms with Gasteiger partial charge in [0.15, 0.2) is 0 Å². The summed E-state index contributed by atoms with van der Waals surface area (Å²) in [7, 11) is 0. The first kappa shape index (κ1) is 14.6. The Morgan fingerprint density at radius 2 is 2.14 bits per heavy atom. The standard InChI is InChI=1S/C14H16N4O3/c1-8-3-4-12(11(5-8)13(19)20)18-14(21)17-9(2)10-6-15-16-7-10/h3-7,9H,1-2H3,(H,15,16)(H,19,20)(H2,17,18,21). The second-order valence-electron chi connectivity index (χ2n) is 4.71. The normalized spacial score (nSPS) is 11.7. The average Bonchev–Trinajstić information content (AvgIpc) is 2.94. The van der Waals surface area contributed by atoms with E-state index < -0.39 is 12.0 Å². The van der Waals surface area contributed by atoms with Crippen LogP contribution in [0.25, 0.3) is 0 Å². The van der Waals surface area contributed by atoms with Crippen molar-refractivity contribution in [3.8, 4) is 0 Å². The molecule has 0 aliphatic rings. The van der Waals surface area contributed by atoms with Crippen molar-refractivity contribution < 1.29 is 14.7 Å². The molecule has 7 heteroatoms. The van der Waals surface area contributed by atoms with E-state index in [9.17, 15) is 9.59 Å². The maximum atomic E-state index is 11.9. The summed E-state index contributed by atoms with van der Waals surface area (Å²) in [5.74, 6) is -1.09. The third-order valence-corrected chi connectivity index (χ3v) is 3.02. The molecule has 0 aliphatic heterocycles. The molecule has 7 nitrogen and oxygen atoms in total. The van der Waals surface area contributed by atoms with E-state index in [4.69, 9.17) is 5.11 Å². The number of aromatic nitrogens is 2. The van der Waals surface area contributed by atoms with Crippen molar-refractivity contribution in [1.29, 1.82) is 0 Å². The summed E-state index contributed by atoms with van der Waals surface area (Å²) in [6.07, 6.45) is 3.29. The molecule has 1 aromatic carbocycles. The molecule has 0 saturated carbocycles. The Labute approximate surface area is 121 Å². The molecule has 2 rings (SSSR count). The number of nitrogens with zero attached hydrogens (tertiary/aromatic N) is 1. The maximum Gasteiger partial charge on any atom is 0.337 e. The van der Waals surface area contributed by atoms with Crippen molar-refractivity contribution in [2.75, 3.05) is 5.32 Å². The lowest BCUT2D eigenvalue weighted by atomic mass is 10.1. The Balaban J connectivity index is 2.08. The first-order valence-electron chi connectivity index (χ1n) is 6.37. The Kier molecular flexibility index (Phi) is 4.22.